The summed E-state index contributed by atoms with van der Waals surface area (Å²) < 4.78 is 12.6. The third-order valence-corrected chi connectivity index (χ3v) is 6.16. The van der Waals surface area contributed by atoms with Gasteiger partial charge >= 0.3 is 5.97 Å². The first-order valence-electron chi connectivity index (χ1n) is 12.4. The molecule has 39 heavy (non-hydrogen) atoms. The SMILES string of the molecule is COc1ccc(C(=O)Nc2ccc(-c3c(-c4cccc(C)c4)nn(-c4ccccc4)c3OC(C)=O)cc2)cc1. The van der Waals surface area contributed by atoms with Crippen molar-refractivity contribution in [3.8, 4) is 39.7 Å². The molecule has 0 bridgehead atoms. The van der Waals surface area contributed by atoms with Crippen LogP contribution in [0.2, 0.25) is 0 Å². The number of amides is 1. The molecule has 4 aromatic carbocycles. The van der Waals surface area contributed by atoms with E-state index in [9.17, 15) is 9.59 Å². The van der Waals surface area contributed by atoms with Crippen LogP contribution in [0.1, 0.15) is 22.8 Å². The summed E-state index contributed by atoms with van der Waals surface area (Å²) in [5, 5.41) is 7.83. The van der Waals surface area contributed by atoms with Crippen LogP contribution < -0.4 is 14.8 Å². The highest BCUT2D eigenvalue weighted by Crippen LogP contribution is 2.41. The van der Waals surface area contributed by atoms with Gasteiger partial charge in [-0.15, -0.1) is 0 Å². The zero-order chi connectivity index (χ0) is 27.4. The molecular weight excluding hydrogens is 490 g/mol. The van der Waals surface area contributed by atoms with Crippen molar-refractivity contribution in [2.45, 2.75) is 13.8 Å². The minimum absolute atomic E-state index is 0.233. The van der Waals surface area contributed by atoms with Gasteiger partial charge < -0.3 is 14.8 Å². The van der Waals surface area contributed by atoms with E-state index in [0.29, 0.717) is 34.1 Å². The molecule has 0 aliphatic rings. The number of carbonyl (C=O) groups is 2. The van der Waals surface area contributed by atoms with Gasteiger partial charge in [-0.3, -0.25) is 9.59 Å². The maximum absolute atomic E-state index is 12.8. The van der Waals surface area contributed by atoms with Crippen LogP contribution in [0.5, 0.6) is 11.6 Å². The molecule has 0 aliphatic carbocycles. The summed E-state index contributed by atoms with van der Waals surface area (Å²) in [5.74, 6) is 0.316. The maximum atomic E-state index is 12.8. The number of hydrogen-bond donors (Lipinski definition) is 1. The Morgan fingerprint density at radius 1 is 0.821 bits per heavy atom. The number of rotatable bonds is 7. The second-order valence-electron chi connectivity index (χ2n) is 9.00. The number of benzene rings is 4. The first-order valence-corrected chi connectivity index (χ1v) is 12.4. The second kappa shape index (κ2) is 11.1. The standard InChI is InChI=1S/C32H27N3O4/c1-21-8-7-9-25(20-21)30-29(32(39-22(2)36)35(34-30)27-10-5-4-6-11-27)23-12-16-26(17-13-23)33-31(37)24-14-18-28(38-3)19-15-24/h4-20H,1-3H3,(H,33,37). The van der Waals surface area contributed by atoms with Crippen LogP contribution in [-0.4, -0.2) is 28.8 Å². The second-order valence-corrected chi connectivity index (χ2v) is 9.00. The molecule has 1 amide bonds. The van der Waals surface area contributed by atoms with E-state index in [4.69, 9.17) is 14.6 Å². The van der Waals surface area contributed by atoms with Crippen molar-refractivity contribution in [3.05, 3.63) is 114 Å². The van der Waals surface area contributed by atoms with Gasteiger partial charge in [0.2, 0.25) is 5.88 Å². The lowest BCUT2D eigenvalue weighted by Crippen LogP contribution is -2.11. The smallest absolute Gasteiger partial charge is 0.309 e. The third-order valence-electron chi connectivity index (χ3n) is 6.16. The predicted octanol–water partition coefficient (Wildman–Crippen LogP) is 6.70. The van der Waals surface area contributed by atoms with Crippen molar-refractivity contribution in [2.75, 3.05) is 12.4 Å². The molecule has 0 unspecified atom stereocenters. The fourth-order valence-corrected chi connectivity index (χ4v) is 4.30. The van der Waals surface area contributed by atoms with Crippen molar-refractivity contribution >= 4 is 17.6 Å². The molecule has 0 fully saturated rings. The zero-order valence-electron chi connectivity index (χ0n) is 21.8. The Kier molecular flexibility index (Phi) is 7.23. The van der Waals surface area contributed by atoms with Crippen LogP contribution in [0.3, 0.4) is 0 Å². The molecule has 1 N–H and O–H groups in total. The van der Waals surface area contributed by atoms with Crippen molar-refractivity contribution in [1.29, 1.82) is 0 Å². The number of para-hydroxylation sites is 1. The normalized spacial score (nSPS) is 10.6. The number of esters is 1. The molecular formula is C32H27N3O4. The van der Waals surface area contributed by atoms with Crippen LogP contribution in [0.15, 0.2) is 103 Å². The molecule has 0 aliphatic heterocycles. The van der Waals surface area contributed by atoms with Gasteiger partial charge in [0, 0.05) is 23.7 Å². The number of carbonyl (C=O) groups excluding carboxylic acids is 2. The van der Waals surface area contributed by atoms with E-state index in [2.05, 4.69) is 5.32 Å². The topological polar surface area (TPSA) is 82.4 Å². The number of aryl methyl sites for hydroxylation is 1. The van der Waals surface area contributed by atoms with E-state index in [1.807, 2.05) is 85.8 Å². The first kappa shape index (κ1) is 25.5. The lowest BCUT2D eigenvalue weighted by molar-refractivity contribution is -0.132. The van der Waals surface area contributed by atoms with Gasteiger partial charge in [-0.1, -0.05) is 54.1 Å². The van der Waals surface area contributed by atoms with Crippen LogP contribution in [0.25, 0.3) is 28.1 Å². The van der Waals surface area contributed by atoms with Crippen molar-refractivity contribution in [2.24, 2.45) is 0 Å². The van der Waals surface area contributed by atoms with Crippen LogP contribution >= 0.6 is 0 Å². The highest BCUT2D eigenvalue weighted by atomic mass is 16.5. The fraction of sp³-hybridized carbons (Fsp3) is 0.0938. The lowest BCUT2D eigenvalue weighted by Gasteiger charge is -2.11. The molecule has 5 rings (SSSR count). The van der Waals surface area contributed by atoms with Crippen LogP contribution in [0.4, 0.5) is 5.69 Å². The summed E-state index contributed by atoms with van der Waals surface area (Å²) in [7, 11) is 1.58. The summed E-state index contributed by atoms with van der Waals surface area (Å²) >= 11 is 0. The molecule has 194 valence electrons. The highest BCUT2D eigenvalue weighted by molar-refractivity contribution is 6.04. The maximum Gasteiger partial charge on any atom is 0.309 e. The van der Waals surface area contributed by atoms with Gasteiger partial charge in [-0.2, -0.15) is 9.78 Å². The fourth-order valence-electron chi connectivity index (χ4n) is 4.30. The molecule has 0 atom stereocenters. The molecule has 7 nitrogen and oxygen atoms in total. The number of methoxy groups -OCH3 is 1. The van der Waals surface area contributed by atoms with Crippen LogP contribution in [-0.2, 0) is 4.79 Å². The average Bonchev–Trinajstić information content (AvgIpc) is 3.32. The van der Waals surface area contributed by atoms with Gasteiger partial charge in [0.05, 0.1) is 18.4 Å². The molecule has 0 saturated carbocycles. The number of ether oxygens (including phenoxy) is 2. The number of aromatic nitrogens is 2. The number of nitrogens with one attached hydrogen (secondary N) is 1. The van der Waals surface area contributed by atoms with E-state index in [1.165, 1.54) is 6.92 Å². The van der Waals surface area contributed by atoms with Gasteiger partial charge in [0.25, 0.3) is 5.91 Å². The number of nitrogens with zero attached hydrogens (tertiary/aromatic N) is 2. The van der Waals surface area contributed by atoms with Gasteiger partial charge in [-0.05, 0) is 67.1 Å². The van der Waals surface area contributed by atoms with E-state index in [-0.39, 0.29) is 5.91 Å². The molecule has 5 aromatic rings. The van der Waals surface area contributed by atoms with Crippen molar-refractivity contribution in [3.63, 3.8) is 0 Å². The van der Waals surface area contributed by atoms with Gasteiger partial charge in [-0.25, -0.2) is 0 Å². The summed E-state index contributed by atoms with van der Waals surface area (Å²) in [4.78, 5) is 25.0. The summed E-state index contributed by atoms with van der Waals surface area (Å²) in [6.45, 7) is 3.39. The monoisotopic (exact) mass is 517 g/mol. The first-order chi connectivity index (χ1) is 18.9. The Balaban J connectivity index is 1.57. The molecule has 7 heteroatoms. The Hall–Kier alpha value is -5.17. The molecule has 0 radical (unpaired) electrons. The highest BCUT2D eigenvalue weighted by Gasteiger charge is 2.24. The van der Waals surface area contributed by atoms with E-state index < -0.39 is 5.97 Å². The third kappa shape index (κ3) is 5.57. The quantitative estimate of drug-likeness (QED) is 0.243. The minimum Gasteiger partial charge on any atom is -0.497 e. The Labute approximate surface area is 226 Å². The van der Waals surface area contributed by atoms with E-state index in [0.717, 1.165) is 22.4 Å². The number of anilines is 1. The lowest BCUT2D eigenvalue weighted by atomic mass is 10.00. The van der Waals surface area contributed by atoms with Crippen LogP contribution in [0, 0.1) is 6.92 Å². The summed E-state index contributed by atoms with van der Waals surface area (Å²) in [6, 6.07) is 31.8. The summed E-state index contributed by atoms with van der Waals surface area (Å²) in [5.41, 5.74) is 6.01. The van der Waals surface area contributed by atoms with E-state index >= 15 is 0 Å². The minimum atomic E-state index is -0.451. The Morgan fingerprint density at radius 3 is 2.18 bits per heavy atom. The molecule has 1 aromatic heterocycles. The average molecular weight is 518 g/mol. The molecule has 0 spiro atoms. The van der Waals surface area contributed by atoms with Crippen molar-refractivity contribution in [1.82, 2.24) is 9.78 Å². The van der Waals surface area contributed by atoms with Crippen molar-refractivity contribution < 1.29 is 19.1 Å². The largest absolute Gasteiger partial charge is 0.497 e. The van der Waals surface area contributed by atoms with E-state index in [1.54, 1.807) is 36.1 Å². The summed E-state index contributed by atoms with van der Waals surface area (Å²) in [6.07, 6.45) is 0. The molecule has 1 heterocycles. The number of hydrogen-bond acceptors (Lipinski definition) is 5. The van der Waals surface area contributed by atoms with Gasteiger partial charge in [0.15, 0.2) is 0 Å². The van der Waals surface area contributed by atoms with Gasteiger partial charge in [0.1, 0.15) is 11.4 Å². The Bertz CT molecular complexity index is 1620. The predicted molar refractivity (Wildman–Crippen MR) is 151 cm³/mol. The zero-order valence-corrected chi connectivity index (χ0v) is 21.8. The Morgan fingerprint density at radius 2 is 1.54 bits per heavy atom. The molecule has 0 saturated heterocycles.